The molecule has 13 rings (SSSR count). The lowest BCUT2D eigenvalue weighted by atomic mass is 9.99. The molecular weight excluding hydrogens is 773 g/mol. The fraction of sp³-hybridized carbons (Fsp3) is 0. The number of para-hydroxylation sites is 5. The molecule has 13 aromatic rings. The van der Waals surface area contributed by atoms with Crippen LogP contribution in [0.5, 0.6) is 0 Å². The van der Waals surface area contributed by atoms with Crippen molar-refractivity contribution in [1.82, 2.24) is 19.5 Å². The van der Waals surface area contributed by atoms with Gasteiger partial charge in [-0.05, 0) is 53.6 Å². The molecular formula is C57H34N4O2. The van der Waals surface area contributed by atoms with Crippen molar-refractivity contribution in [3.63, 3.8) is 0 Å². The van der Waals surface area contributed by atoms with Gasteiger partial charge in [-0.1, -0.05) is 164 Å². The van der Waals surface area contributed by atoms with Gasteiger partial charge in [0.05, 0.1) is 11.0 Å². The standard InChI is InChI=1S/C57H34N4O2/c1-3-14-36(15-4-1)55-58-56(37-30-28-35(29-31-37)40-20-11-22-44-43-19-8-10-26-50(43)62-53(40)44)60-57(59-55)46-24-13-27-51-52(46)45-23-12-21-41(54(45)63-51)38-32-33-49-47(34-38)42-18-7-9-25-48(42)61(49)39-16-5-2-6-17-39/h1-34H. The van der Waals surface area contributed by atoms with Crippen LogP contribution in [-0.2, 0) is 0 Å². The Morgan fingerprint density at radius 2 is 0.841 bits per heavy atom. The number of benzene rings is 9. The van der Waals surface area contributed by atoms with Gasteiger partial charge in [0.15, 0.2) is 17.5 Å². The highest BCUT2D eigenvalue weighted by Gasteiger charge is 2.21. The lowest BCUT2D eigenvalue weighted by Crippen LogP contribution is -2.00. The third-order valence-electron chi connectivity index (χ3n) is 12.3. The summed E-state index contributed by atoms with van der Waals surface area (Å²) < 4.78 is 15.5. The first-order chi connectivity index (χ1) is 31.2. The molecule has 294 valence electrons. The fourth-order valence-corrected chi connectivity index (χ4v) is 9.37. The Hall–Kier alpha value is -8.61. The van der Waals surface area contributed by atoms with Gasteiger partial charge in [-0.25, -0.2) is 15.0 Å². The van der Waals surface area contributed by atoms with Gasteiger partial charge >= 0.3 is 0 Å². The quantitative estimate of drug-likeness (QED) is 0.167. The number of aromatic nitrogens is 4. The molecule has 0 saturated carbocycles. The van der Waals surface area contributed by atoms with Gasteiger partial charge in [-0.2, -0.15) is 0 Å². The number of nitrogens with zero attached hydrogens (tertiary/aromatic N) is 4. The minimum absolute atomic E-state index is 0.573. The summed E-state index contributed by atoms with van der Waals surface area (Å²) in [6.07, 6.45) is 0. The maximum absolute atomic E-state index is 6.82. The topological polar surface area (TPSA) is 69.9 Å². The average molecular weight is 807 g/mol. The second-order valence-corrected chi connectivity index (χ2v) is 15.9. The van der Waals surface area contributed by atoms with E-state index < -0.39 is 0 Å². The van der Waals surface area contributed by atoms with Gasteiger partial charge in [-0.3, -0.25) is 0 Å². The van der Waals surface area contributed by atoms with Gasteiger partial charge in [0.2, 0.25) is 0 Å². The Morgan fingerprint density at radius 1 is 0.317 bits per heavy atom. The molecule has 4 heterocycles. The molecule has 63 heavy (non-hydrogen) atoms. The molecule has 0 N–H and O–H groups in total. The first kappa shape index (κ1) is 35.2. The van der Waals surface area contributed by atoms with E-state index in [0.29, 0.717) is 17.5 Å². The molecule has 0 aliphatic carbocycles. The lowest BCUT2D eigenvalue weighted by molar-refractivity contribution is 0.669. The van der Waals surface area contributed by atoms with Crippen molar-refractivity contribution in [2.45, 2.75) is 0 Å². The summed E-state index contributed by atoms with van der Waals surface area (Å²) >= 11 is 0. The van der Waals surface area contributed by atoms with Crippen LogP contribution in [0.15, 0.2) is 215 Å². The van der Waals surface area contributed by atoms with E-state index in [2.05, 4.69) is 150 Å². The molecule has 0 atom stereocenters. The third kappa shape index (κ3) is 5.62. The van der Waals surface area contributed by atoms with Gasteiger partial charge in [0.25, 0.3) is 0 Å². The monoisotopic (exact) mass is 806 g/mol. The number of hydrogen-bond acceptors (Lipinski definition) is 5. The largest absolute Gasteiger partial charge is 0.455 e. The maximum atomic E-state index is 6.82. The van der Waals surface area contributed by atoms with Gasteiger partial charge in [-0.15, -0.1) is 0 Å². The van der Waals surface area contributed by atoms with Crippen LogP contribution < -0.4 is 0 Å². The summed E-state index contributed by atoms with van der Waals surface area (Å²) in [6, 6.07) is 71.4. The lowest BCUT2D eigenvalue weighted by Gasteiger charge is -2.10. The first-order valence-corrected chi connectivity index (χ1v) is 21.1. The molecule has 6 nitrogen and oxygen atoms in total. The van der Waals surface area contributed by atoms with Gasteiger partial charge in [0, 0.05) is 65.8 Å². The number of rotatable bonds is 6. The van der Waals surface area contributed by atoms with Crippen LogP contribution in [0.4, 0.5) is 0 Å². The molecule has 6 heteroatoms. The zero-order chi connectivity index (χ0) is 41.4. The van der Waals surface area contributed by atoms with Gasteiger partial charge in [0.1, 0.15) is 22.3 Å². The Kier molecular flexibility index (Phi) is 7.80. The van der Waals surface area contributed by atoms with Crippen molar-refractivity contribution < 1.29 is 8.83 Å². The van der Waals surface area contributed by atoms with Crippen molar-refractivity contribution in [1.29, 1.82) is 0 Å². The predicted octanol–water partition coefficient (Wildman–Crippen LogP) is 15.1. The van der Waals surface area contributed by atoms with E-state index in [4.69, 9.17) is 23.8 Å². The van der Waals surface area contributed by atoms with Crippen LogP contribution in [0, 0.1) is 0 Å². The van der Waals surface area contributed by atoms with Crippen molar-refractivity contribution >= 4 is 65.7 Å². The number of furan rings is 2. The summed E-state index contributed by atoms with van der Waals surface area (Å²) in [5, 5.41) is 6.56. The Bertz CT molecular complexity index is 3900. The Labute approximate surface area is 361 Å². The van der Waals surface area contributed by atoms with Crippen LogP contribution in [0.3, 0.4) is 0 Å². The smallest absolute Gasteiger partial charge is 0.164 e. The molecule has 0 spiro atoms. The van der Waals surface area contributed by atoms with E-state index in [1.165, 1.54) is 16.3 Å². The van der Waals surface area contributed by atoms with E-state index in [1.807, 2.05) is 60.7 Å². The van der Waals surface area contributed by atoms with E-state index in [-0.39, 0.29) is 0 Å². The first-order valence-electron chi connectivity index (χ1n) is 21.1. The zero-order valence-electron chi connectivity index (χ0n) is 33.7. The Balaban J connectivity index is 0.947. The molecule has 0 saturated heterocycles. The summed E-state index contributed by atoms with van der Waals surface area (Å²) in [4.78, 5) is 15.4. The highest BCUT2D eigenvalue weighted by Crippen LogP contribution is 2.43. The normalized spacial score (nSPS) is 11.8. The molecule has 0 amide bonds. The molecule has 0 fully saturated rings. The van der Waals surface area contributed by atoms with E-state index in [0.717, 1.165) is 94.0 Å². The molecule has 0 aliphatic heterocycles. The summed E-state index contributed by atoms with van der Waals surface area (Å²) in [6.45, 7) is 0. The average Bonchev–Trinajstić information content (AvgIpc) is 4.04. The highest BCUT2D eigenvalue weighted by atomic mass is 16.3. The second-order valence-electron chi connectivity index (χ2n) is 15.9. The van der Waals surface area contributed by atoms with Crippen LogP contribution in [0.25, 0.3) is 128 Å². The van der Waals surface area contributed by atoms with E-state index in [9.17, 15) is 0 Å². The number of fused-ring (bicyclic) bond motifs is 9. The van der Waals surface area contributed by atoms with Crippen molar-refractivity contribution in [3.8, 4) is 62.1 Å². The minimum atomic E-state index is 0.573. The summed E-state index contributed by atoms with van der Waals surface area (Å²) in [5.41, 5.74) is 13.7. The van der Waals surface area contributed by atoms with Crippen molar-refractivity contribution in [2.75, 3.05) is 0 Å². The van der Waals surface area contributed by atoms with Crippen molar-refractivity contribution in [3.05, 3.63) is 206 Å². The molecule has 0 bridgehead atoms. The minimum Gasteiger partial charge on any atom is -0.455 e. The fourth-order valence-electron chi connectivity index (χ4n) is 9.37. The van der Waals surface area contributed by atoms with E-state index >= 15 is 0 Å². The predicted molar refractivity (Wildman–Crippen MR) is 256 cm³/mol. The Morgan fingerprint density at radius 3 is 1.65 bits per heavy atom. The zero-order valence-corrected chi connectivity index (χ0v) is 33.7. The number of hydrogen-bond donors (Lipinski definition) is 0. The third-order valence-corrected chi connectivity index (χ3v) is 12.3. The molecule has 9 aromatic carbocycles. The van der Waals surface area contributed by atoms with Crippen LogP contribution in [0.1, 0.15) is 0 Å². The van der Waals surface area contributed by atoms with Crippen molar-refractivity contribution in [2.24, 2.45) is 0 Å². The van der Waals surface area contributed by atoms with Crippen LogP contribution in [-0.4, -0.2) is 19.5 Å². The molecule has 0 unspecified atom stereocenters. The van der Waals surface area contributed by atoms with Crippen LogP contribution in [0.2, 0.25) is 0 Å². The van der Waals surface area contributed by atoms with E-state index in [1.54, 1.807) is 0 Å². The molecule has 0 aliphatic rings. The highest BCUT2D eigenvalue weighted by molar-refractivity contribution is 6.16. The van der Waals surface area contributed by atoms with Crippen LogP contribution >= 0.6 is 0 Å². The summed E-state index contributed by atoms with van der Waals surface area (Å²) in [7, 11) is 0. The maximum Gasteiger partial charge on any atom is 0.164 e. The second kappa shape index (κ2) is 14.0. The summed E-state index contributed by atoms with van der Waals surface area (Å²) in [5.74, 6) is 1.75. The molecule has 4 aromatic heterocycles. The SMILES string of the molecule is c1ccc(-c2nc(-c3ccc(-c4cccc5c4oc4ccccc45)cc3)nc(-c3cccc4oc5c(-c6ccc7c(c6)c6ccccc6n7-c6ccccc6)cccc5c34)n2)cc1. The molecule has 0 radical (unpaired) electrons. The van der Waals surface area contributed by atoms with Gasteiger partial charge < -0.3 is 13.4 Å².